The molecule has 0 fully saturated rings. The SMILES string of the molecule is COC(=O)C(NC=O)C(O)c1ccc(OC)cc1. The molecule has 1 aromatic carbocycles. The highest BCUT2D eigenvalue weighted by Gasteiger charge is 2.28. The van der Waals surface area contributed by atoms with E-state index in [1.165, 1.54) is 14.2 Å². The summed E-state index contributed by atoms with van der Waals surface area (Å²) in [7, 11) is 2.71. The van der Waals surface area contributed by atoms with E-state index >= 15 is 0 Å². The molecule has 0 radical (unpaired) electrons. The second-order valence-electron chi connectivity index (χ2n) is 3.50. The van der Waals surface area contributed by atoms with Crippen LogP contribution in [0.5, 0.6) is 5.75 Å². The van der Waals surface area contributed by atoms with Crippen molar-refractivity contribution < 1.29 is 24.2 Å². The highest BCUT2D eigenvalue weighted by atomic mass is 16.5. The Labute approximate surface area is 105 Å². The number of aliphatic hydroxyl groups is 1. The van der Waals surface area contributed by atoms with Gasteiger partial charge in [0.25, 0.3) is 0 Å². The lowest BCUT2D eigenvalue weighted by Gasteiger charge is -2.20. The van der Waals surface area contributed by atoms with Gasteiger partial charge in [-0.15, -0.1) is 0 Å². The lowest BCUT2D eigenvalue weighted by Crippen LogP contribution is -2.41. The lowest BCUT2D eigenvalue weighted by atomic mass is 10.0. The molecule has 18 heavy (non-hydrogen) atoms. The quantitative estimate of drug-likeness (QED) is 0.551. The number of rotatable bonds is 6. The molecule has 0 aliphatic heterocycles. The molecule has 0 aliphatic carbocycles. The van der Waals surface area contributed by atoms with E-state index in [9.17, 15) is 14.7 Å². The Kier molecular flexibility index (Phi) is 5.13. The van der Waals surface area contributed by atoms with Gasteiger partial charge < -0.3 is 19.9 Å². The van der Waals surface area contributed by atoms with Crippen LogP contribution in [0.2, 0.25) is 0 Å². The van der Waals surface area contributed by atoms with Crippen LogP contribution in [0, 0.1) is 0 Å². The number of benzene rings is 1. The van der Waals surface area contributed by atoms with Gasteiger partial charge in [-0.1, -0.05) is 12.1 Å². The maximum absolute atomic E-state index is 11.4. The zero-order valence-corrected chi connectivity index (χ0v) is 10.1. The topological polar surface area (TPSA) is 84.9 Å². The summed E-state index contributed by atoms with van der Waals surface area (Å²) in [5.41, 5.74) is 0.473. The molecule has 1 aromatic rings. The summed E-state index contributed by atoms with van der Waals surface area (Å²) in [6, 6.07) is 5.36. The van der Waals surface area contributed by atoms with Crippen molar-refractivity contribution in [1.82, 2.24) is 5.32 Å². The van der Waals surface area contributed by atoms with Crippen molar-refractivity contribution in [2.24, 2.45) is 0 Å². The third-order valence-electron chi connectivity index (χ3n) is 2.48. The van der Waals surface area contributed by atoms with Gasteiger partial charge in [0, 0.05) is 0 Å². The summed E-state index contributed by atoms with van der Waals surface area (Å²) in [5, 5.41) is 12.2. The molecule has 0 saturated carbocycles. The van der Waals surface area contributed by atoms with Crippen molar-refractivity contribution >= 4 is 12.4 Å². The van der Waals surface area contributed by atoms with Gasteiger partial charge in [0.15, 0.2) is 6.04 Å². The van der Waals surface area contributed by atoms with Crippen LogP contribution in [0.4, 0.5) is 0 Å². The number of aliphatic hydroxyl groups excluding tert-OH is 1. The molecular formula is C12H15NO5. The average Bonchev–Trinajstić information content (AvgIpc) is 2.43. The van der Waals surface area contributed by atoms with E-state index in [2.05, 4.69) is 10.1 Å². The van der Waals surface area contributed by atoms with E-state index in [4.69, 9.17) is 4.74 Å². The fourth-order valence-corrected chi connectivity index (χ4v) is 1.48. The Morgan fingerprint density at radius 1 is 1.33 bits per heavy atom. The van der Waals surface area contributed by atoms with Crippen LogP contribution in [0.3, 0.4) is 0 Å². The molecule has 0 heterocycles. The van der Waals surface area contributed by atoms with Gasteiger partial charge in [-0.05, 0) is 17.7 Å². The number of methoxy groups -OCH3 is 2. The Bertz CT molecular complexity index is 403. The number of ether oxygens (including phenoxy) is 2. The first kappa shape index (κ1) is 14.0. The van der Waals surface area contributed by atoms with Crippen molar-refractivity contribution in [2.45, 2.75) is 12.1 Å². The molecular weight excluding hydrogens is 238 g/mol. The van der Waals surface area contributed by atoms with Crippen molar-refractivity contribution in [3.63, 3.8) is 0 Å². The fourth-order valence-electron chi connectivity index (χ4n) is 1.48. The lowest BCUT2D eigenvalue weighted by molar-refractivity contribution is -0.147. The normalized spacial score (nSPS) is 13.3. The zero-order chi connectivity index (χ0) is 13.5. The van der Waals surface area contributed by atoms with Gasteiger partial charge in [0.05, 0.1) is 14.2 Å². The zero-order valence-electron chi connectivity index (χ0n) is 10.1. The number of carbonyl (C=O) groups is 2. The van der Waals surface area contributed by atoms with Crippen LogP contribution in [0.25, 0.3) is 0 Å². The Morgan fingerprint density at radius 3 is 2.39 bits per heavy atom. The molecule has 2 unspecified atom stereocenters. The van der Waals surface area contributed by atoms with E-state index in [1.807, 2.05) is 0 Å². The van der Waals surface area contributed by atoms with Crippen LogP contribution >= 0.6 is 0 Å². The smallest absolute Gasteiger partial charge is 0.331 e. The van der Waals surface area contributed by atoms with Gasteiger partial charge in [0.1, 0.15) is 11.9 Å². The van der Waals surface area contributed by atoms with Crippen molar-refractivity contribution in [3.05, 3.63) is 29.8 Å². The number of hydrogen-bond acceptors (Lipinski definition) is 5. The second-order valence-corrected chi connectivity index (χ2v) is 3.50. The number of esters is 1. The Hall–Kier alpha value is -2.08. The van der Waals surface area contributed by atoms with E-state index in [1.54, 1.807) is 24.3 Å². The number of hydrogen-bond donors (Lipinski definition) is 2. The minimum Gasteiger partial charge on any atom is -0.497 e. The number of nitrogens with one attached hydrogen (secondary N) is 1. The highest BCUT2D eigenvalue weighted by molar-refractivity contribution is 5.79. The van der Waals surface area contributed by atoms with E-state index < -0.39 is 18.1 Å². The van der Waals surface area contributed by atoms with Crippen LogP contribution in [0.1, 0.15) is 11.7 Å². The molecule has 98 valence electrons. The second kappa shape index (κ2) is 6.61. The molecule has 1 amide bonds. The summed E-state index contributed by atoms with van der Waals surface area (Å²) in [4.78, 5) is 21.8. The molecule has 6 nitrogen and oxygen atoms in total. The largest absolute Gasteiger partial charge is 0.497 e. The van der Waals surface area contributed by atoms with Gasteiger partial charge in [-0.3, -0.25) is 4.79 Å². The summed E-state index contributed by atoms with van der Waals surface area (Å²) in [6.07, 6.45) is -0.845. The van der Waals surface area contributed by atoms with Gasteiger partial charge in [-0.25, -0.2) is 4.79 Å². The Balaban J connectivity index is 2.89. The minimum atomic E-state index is -1.19. The molecule has 0 aromatic heterocycles. The van der Waals surface area contributed by atoms with Crippen LogP contribution in [-0.2, 0) is 14.3 Å². The summed E-state index contributed by atoms with van der Waals surface area (Å²) < 4.78 is 9.49. The summed E-state index contributed by atoms with van der Waals surface area (Å²) in [6.45, 7) is 0. The average molecular weight is 253 g/mol. The third kappa shape index (κ3) is 3.21. The van der Waals surface area contributed by atoms with Gasteiger partial charge in [-0.2, -0.15) is 0 Å². The number of amides is 1. The van der Waals surface area contributed by atoms with Gasteiger partial charge in [0.2, 0.25) is 6.41 Å². The third-order valence-corrected chi connectivity index (χ3v) is 2.48. The predicted octanol–water partition coefficient (Wildman–Crippen LogP) is 0.0162. The molecule has 0 spiro atoms. The maximum Gasteiger partial charge on any atom is 0.331 e. The van der Waals surface area contributed by atoms with E-state index in [0.717, 1.165) is 0 Å². The predicted molar refractivity (Wildman–Crippen MR) is 63.0 cm³/mol. The summed E-state index contributed by atoms with van der Waals surface area (Å²) >= 11 is 0. The van der Waals surface area contributed by atoms with E-state index in [0.29, 0.717) is 17.7 Å². The summed E-state index contributed by atoms with van der Waals surface area (Å²) in [5.74, 6) is -0.0886. The molecule has 0 bridgehead atoms. The number of carbonyl (C=O) groups excluding carboxylic acids is 2. The molecule has 2 N–H and O–H groups in total. The van der Waals surface area contributed by atoms with Crippen LogP contribution in [-0.4, -0.2) is 37.7 Å². The van der Waals surface area contributed by atoms with Crippen LogP contribution in [0.15, 0.2) is 24.3 Å². The molecule has 0 saturated heterocycles. The van der Waals surface area contributed by atoms with Crippen molar-refractivity contribution in [2.75, 3.05) is 14.2 Å². The van der Waals surface area contributed by atoms with Crippen molar-refractivity contribution in [3.8, 4) is 5.75 Å². The molecule has 2 atom stereocenters. The highest BCUT2D eigenvalue weighted by Crippen LogP contribution is 2.20. The standard InChI is InChI=1S/C12H15NO5/c1-17-9-5-3-8(4-6-9)11(15)10(13-7-14)12(16)18-2/h3-7,10-11,15H,1-2H3,(H,13,14). The first-order chi connectivity index (χ1) is 8.63. The fraction of sp³-hybridized carbons (Fsp3) is 0.333. The first-order valence-corrected chi connectivity index (χ1v) is 5.23. The molecule has 6 heteroatoms. The van der Waals surface area contributed by atoms with Crippen molar-refractivity contribution in [1.29, 1.82) is 0 Å². The monoisotopic (exact) mass is 253 g/mol. The van der Waals surface area contributed by atoms with E-state index in [-0.39, 0.29) is 0 Å². The molecule has 1 rings (SSSR count). The first-order valence-electron chi connectivity index (χ1n) is 5.23. The van der Waals surface area contributed by atoms with Crippen LogP contribution < -0.4 is 10.1 Å². The Morgan fingerprint density at radius 2 is 1.94 bits per heavy atom. The molecule has 0 aliphatic rings. The van der Waals surface area contributed by atoms with Gasteiger partial charge >= 0.3 is 5.97 Å². The maximum atomic E-state index is 11.4. The minimum absolute atomic E-state index is 0.342.